The molecule has 0 saturated carbocycles. The van der Waals surface area contributed by atoms with E-state index >= 15 is 0 Å². The third-order valence-corrected chi connectivity index (χ3v) is 3.25. The van der Waals surface area contributed by atoms with Crippen LogP contribution in [0.4, 0.5) is 0 Å². The first-order chi connectivity index (χ1) is 8.15. The van der Waals surface area contributed by atoms with Crippen molar-refractivity contribution in [3.63, 3.8) is 0 Å². The lowest BCUT2D eigenvalue weighted by Crippen LogP contribution is -2.40. The Morgan fingerprint density at radius 3 is 2.88 bits per heavy atom. The van der Waals surface area contributed by atoms with Crippen LogP contribution >= 0.6 is 0 Å². The summed E-state index contributed by atoms with van der Waals surface area (Å²) in [5.41, 5.74) is 0.482. The SMILES string of the molecule is CN1CCC(NCc2cc(=O)c(O)c[nH]2)CC1. The molecule has 0 aromatic carbocycles. The molecular weight excluding hydrogens is 218 g/mol. The molecule has 0 unspecified atom stereocenters. The lowest BCUT2D eigenvalue weighted by Gasteiger charge is -2.29. The first-order valence-electron chi connectivity index (χ1n) is 5.97. The fraction of sp³-hybridized carbons (Fsp3) is 0.583. The highest BCUT2D eigenvalue weighted by atomic mass is 16.3. The molecule has 0 atom stereocenters. The van der Waals surface area contributed by atoms with Gasteiger partial charge in [0.05, 0.1) is 0 Å². The molecule has 1 aromatic rings. The zero-order chi connectivity index (χ0) is 12.3. The van der Waals surface area contributed by atoms with Gasteiger partial charge in [-0.1, -0.05) is 0 Å². The molecule has 94 valence electrons. The Labute approximate surface area is 100 Å². The van der Waals surface area contributed by atoms with Gasteiger partial charge < -0.3 is 20.3 Å². The van der Waals surface area contributed by atoms with Crippen molar-refractivity contribution in [3.05, 3.63) is 28.2 Å². The summed E-state index contributed by atoms with van der Waals surface area (Å²) in [4.78, 5) is 16.5. The minimum absolute atomic E-state index is 0.229. The summed E-state index contributed by atoms with van der Waals surface area (Å²) in [6.07, 6.45) is 3.62. The van der Waals surface area contributed by atoms with Gasteiger partial charge in [-0.25, -0.2) is 0 Å². The lowest BCUT2D eigenvalue weighted by molar-refractivity contribution is 0.233. The number of aromatic hydroxyl groups is 1. The summed E-state index contributed by atoms with van der Waals surface area (Å²) in [6, 6.07) is 1.96. The van der Waals surface area contributed by atoms with E-state index in [2.05, 4.69) is 22.2 Å². The van der Waals surface area contributed by atoms with Crippen LogP contribution in [0.1, 0.15) is 18.5 Å². The molecule has 0 bridgehead atoms. The van der Waals surface area contributed by atoms with Gasteiger partial charge in [-0.3, -0.25) is 4.79 Å². The van der Waals surface area contributed by atoms with Crippen LogP contribution in [0.15, 0.2) is 17.1 Å². The van der Waals surface area contributed by atoms with Crippen molar-refractivity contribution in [2.75, 3.05) is 20.1 Å². The Kier molecular flexibility index (Phi) is 3.81. The largest absolute Gasteiger partial charge is 0.503 e. The Balaban J connectivity index is 1.85. The summed E-state index contributed by atoms with van der Waals surface area (Å²) < 4.78 is 0. The summed E-state index contributed by atoms with van der Waals surface area (Å²) in [5, 5.41) is 12.5. The fourth-order valence-electron chi connectivity index (χ4n) is 2.08. The number of likely N-dealkylation sites (tertiary alicyclic amines) is 1. The van der Waals surface area contributed by atoms with E-state index in [-0.39, 0.29) is 11.2 Å². The van der Waals surface area contributed by atoms with E-state index < -0.39 is 0 Å². The van der Waals surface area contributed by atoms with Crippen molar-refractivity contribution < 1.29 is 5.11 Å². The molecule has 1 saturated heterocycles. The highest BCUT2D eigenvalue weighted by Gasteiger charge is 2.15. The standard InChI is InChI=1S/C12H19N3O2/c1-15-4-2-9(3-5-15)13-7-10-6-11(16)12(17)8-14-10/h6,8-9,13,17H,2-5,7H2,1H3,(H,14,16). The Morgan fingerprint density at radius 1 is 1.53 bits per heavy atom. The van der Waals surface area contributed by atoms with Crippen molar-refractivity contribution >= 4 is 0 Å². The highest BCUT2D eigenvalue weighted by molar-refractivity contribution is 5.18. The van der Waals surface area contributed by atoms with E-state index in [4.69, 9.17) is 5.11 Å². The average Bonchev–Trinajstić information content (AvgIpc) is 2.33. The number of pyridine rings is 1. The molecule has 1 aromatic heterocycles. The number of hydrogen-bond acceptors (Lipinski definition) is 4. The van der Waals surface area contributed by atoms with Crippen LogP contribution < -0.4 is 10.7 Å². The Bertz CT molecular complexity index is 422. The summed E-state index contributed by atoms with van der Waals surface area (Å²) in [7, 11) is 2.13. The minimum atomic E-state index is -0.330. The molecule has 0 radical (unpaired) electrons. The van der Waals surface area contributed by atoms with Crippen LogP contribution in [0, 0.1) is 0 Å². The van der Waals surface area contributed by atoms with E-state index in [1.54, 1.807) is 0 Å². The molecule has 1 aliphatic heterocycles. The molecule has 2 heterocycles. The van der Waals surface area contributed by atoms with Crippen molar-refractivity contribution in [1.29, 1.82) is 0 Å². The van der Waals surface area contributed by atoms with Gasteiger partial charge >= 0.3 is 0 Å². The number of piperidine rings is 1. The minimum Gasteiger partial charge on any atom is -0.503 e. The van der Waals surface area contributed by atoms with Gasteiger partial charge in [-0.05, 0) is 33.0 Å². The maximum absolute atomic E-state index is 11.2. The monoisotopic (exact) mass is 237 g/mol. The predicted octanol–water partition coefficient (Wildman–Crippen LogP) is 0.264. The first kappa shape index (κ1) is 12.1. The Morgan fingerprint density at radius 2 is 2.24 bits per heavy atom. The number of H-pyrrole nitrogens is 1. The molecule has 3 N–H and O–H groups in total. The van der Waals surface area contributed by atoms with Gasteiger partial charge in [-0.2, -0.15) is 0 Å². The summed E-state index contributed by atoms with van der Waals surface area (Å²) in [5.74, 6) is -0.229. The van der Waals surface area contributed by atoms with Crippen LogP contribution in [-0.2, 0) is 6.54 Å². The molecule has 0 amide bonds. The van der Waals surface area contributed by atoms with Gasteiger partial charge in [0.15, 0.2) is 5.75 Å². The van der Waals surface area contributed by atoms with Gasteiger partial charge in [0.25, 0.3) is 0 Å². The van der Waals surface area contributed by atoms with E-state index in [1.165, 1.54) is 12.3 Å². The lowest BCUT2D eigenvalue weighted by atomic mass is 10.1. The number of hydrogen-bond donors (Lipinski definition) is 3. The quantitative estimate of drug-likeness (QED) is 0.705. The van der Waals surface area contributed by atoms with Crippen LogP contribution in [-0.4, -0.2) is 41.2 Å². The topological polar surface area (TPSA) is 68.4 Å². The highest BCUT2D eigenvalue weighted by Crippen LogP contribution is 2.08. The van der Waals surface area contributed by atoms with E-state index in [1.807, 2.05) is 0 Å². The van der Waals surface area contributed by atoms with Gasteiger partial charge in [-0.15, -0.1) is 0 Å². The second kappa shape index (κ2) is 5.33. The first-order valence-corrected chi connectivity index (χ1v) is 5.97. The molecule has 2 rings (SSSR count). The van der Waals surface area contributed by atoms with Crippen LogP contribution in [0.5, 0.6) is 5.75 Å². The second-order valence-corrected chi connectivity index (χ2v) is 4.67. The van der Waals surface area contributed by atoms with Crippen LogP contribution in [0.25, 0.3) is 0 Å². The van der Waals surface area contributed by atoms with Crippen LogP contribution in [0.3, 0.4) is 0 Å². The number of rotatable bonds is 3. The predicted molar refractivity (Wildman–Crippen MR) is 66.1 cm³/mol. The van der Waals surface area contributed by atoms with Gasteiger partial charge in [0.2, 0.25) is 5.43 Å². The van der Waals surface area contributed by atoms with E-state index in [0.717, 1.165) is 31.6 Å². The van der Waals surface area contributed by atoms with Crippen molar-refractivity contribution in [2.45, 2.75) is 25.4 Å². The summed E-state index contributed by atoms with van der Waals surface area (Å²) >= 11 is 0. The molecule has 5 heteroatoms. The zero-order valence-corrected chi connectivity index (χ0v) is 10.1. The van der Waals surface area contributed by atoms with Gasteiger partial charge in [0, 0.05) is 30.5 Å². The van der Waals surface area contributed by atoms with Gasteiger partial charge in [0.1, 0.15) is 0 Å². The molecular formula is C12H19N3O2. The third kappa shape index (κ3) is 3.31. The molecule has 17 heavy (non-hydrogen) atoms. The third-order valence-electron chi connectivity index (χ3n) is 3.25. The Hall–Kier alpha value is -1.33. The van der Waals surface area contributed by atoms with Crippen LogP contribution in [0.2, 0.25) is 0 Å². The molecule has 0 spiro atoms. The fourth-order valence-corrected chi connectivity index (χ4v) is 2.08. The number of nitrogens with one attached hydrogen (secondary N) is 2. The van der Waals surface area contributed by atoms with Crippen molar-refractivity contribution in [3.8, 4) is 5.75 Å². The van der Waals surface area contributed by atoms with E-state index in [0.29, 0.717) is 12.6 Å². The normalized spacial score (nSPS) is 18.4. The maximum Gasteiger partial charge on any atom is 0.223 e. The molecule has 1 aliphatic rings. The molecule has 5 nitrogen and oxygen atoms in total. The van der Waals surface area contributed by atoms with E-state index in [9.17, 15) is 4.79 Å². The van der Waals surface area contributed by atoms with Crippen molar-refractivity contribution in [1.82, 2.24) is 15.2 Å². The second-order valence-electron chi connectivity index (χ2n) is 4.67. The number of aromatic nitrogens is 1. The smallest absolute Gasteiger partial charge is 0.223 e. The van der Waals surface area contributed by atoms with Crippen molar-refractivity contribution in [2.24, 2.45) is 0 Å². The zero-order valence-electron chi connectivity index (χ0n) is 10.1. The molecule has 0 aliphatic carbocycles. The number of nitrogens with zero attached hydrogens (tertiary/aromatic N) is 1. The summed E-state index contributed by atoms with van der Waals surface area (Å²) in [6.45, 7) is 2.87. The number of aromatic amines is 1. The maximum atomic E-state index is 11.2. The average molecular weight is 237 g/mol. The molecule has 1 fully saturated rings.